The van der Waals surface area contributed by atoms with Crippen LogP contribution in [0.3, 0.4) is 0 Å². The van der Waals surface area contributed by atoms with Crippen molar-refractivity contribution in [3.63, 3.8) is 0 Å². The highest BCUT2D eigenvalue weighted by Crippen LogP contribution is 2.20. The third kappa shape index (κ3) is 5.62. The molecule has 0 saturated carbocycles. The maximum Gasteiger partial charge on any atom is 0.330 e. The largest absolute Gasteiger partial charge is 0.383 e. The summed E-state index contributed by atoms with van der Waals surface area (Å²) in [7, 11) is 1.53. The second kappa shape index (κ2) is 10.4. The second-order valence-corrected chi connectivity index (χ2v) is 8.09. The fourth-order valence-corrected chi connectivity index (χ4v) is 4.01. The lowest BCUT2D eigenvalue weighted by atomic mass is 10.0. The zero-order valence-electron chi connectivity index (χ0n) is 18.2. The van der Waals surface area contributed by atoms with Gasteiger partial charge in [-0.1, -0.05) is 37.3 Å². The standard InChI is InChI=1S/C22H31N5O4/c1-16-7-6-10-25(13-16)15-18(28)26(11-12-31-2)19-20(23)27(22(30)24-21(19)29)14-17-8-4-3-5-9-17/h3-5,8-9,16H,6-7,10-15,23H2,1-2H3,(H,24,29,30)/t16-/m1/s1. The van der Waals surface area contributed by atoms with Crippen LogP contribution in [0.5, 0.6) is 0 Å². The number of carbonyl (C=O) groups is 1. The molecule has 3 rings (SSSR count). The number of rotatable bonds is 8. The number of nitrogens with zero attached hydrogens (tertiary/aromatic N) is 3. The summed E-state index contributed by atoms with van der Waals surface area (Å²) in [6.07, 6.45) is 2.19. The van der Waals surface area contributed by atoms with Crippen molar-refractivity contribution in [1.82, 2.24) is 14.5 Å². The first kappa shape index (κ1) is 22.8. The summed E-state index contributed by atoms with van der Waals surface area (Å²) in [5.74, 6) is 0.248. The Morgan fingerprint density at radius 3 is 2.71 bits per heavy atom. The monoisotopic (exact) mass is 429 g/mol. The predicted molar refractivity (Wildman–Crippen MR) is 120 cm³/mol. The lowest BCUT2D eigenvalue weighted by Crippen LogP contribution is -2.48. The molecule has 0 radical (unpaired) electrons. The number of piperidine rings is 1. The van der Waals surface area contributed by atoms with E-state index in [1.54, 1.807) is 0 Å². The number of aromatic nitrogens is 2. The minimum Gasteiger partial charge on any atom is -0.383 e. The first-order valence-corrected chi connectivity index (χ1v) is 10.6. The molecule has 1 aromatic heterocycles. The van der Waals surface area contributed by atoms with Crippen LogP contribution in [0.15, 0.2) is 39.9 Å². The molecule has 1 atom stereocenters. The molecule has 0 unspecified atom stereocenters. The second-order valence-electron chi connectivity index (χ2n) is 8.09. The fraction of sp³-hybridized carbons (Fsp3) is 0.500. The third-order valence-electron chi connectivity index (χ3n) is 5.59. The SMILES string of the molecule is COCCN(C(=O)CN1CCC[C@@H](C)C1)c1c(N)n(Cc2ccccc2)c(=O)[nH]c1=O. The number of anilines is 2. The van der Waals surface area contributed by atoms with Crippen LogP contribution >= 0.6 is 0 Å². The van der Waals surface area contributed by atoms with Crippen molar-refractivity contribution >= 4 is 17.4 Å². The summed E-state index contributed by atoms with van der Waals surface area (Å²) in [5, 5.41) is 0. The Kier molecular flexibility index (Phi) is 7.64. The zero-order valence-corrected chi connectivity index (χ0v) is 18.2. The molecule has 9 heteroatoms. The lowest BCUT2D eigenvalue weighted by Gasteiger charge is -2.32. The molecule has 1 fully saturated rings. The normalized spacial score (nSPS) is 16.9. The van der Waals surface area contributed by atoms with Gasteiger partial charge in [-0.2, -0.15) is 0 Å². The molecule has 168 valence electrons. The number of carbonyl (C=O) groups excluding carboxylic acids is 1. The van der Waals surface area contributed by atoms with Crippen LogP contribution in [0.25, 0.3) is 0 Å². The van der Waals surface area contributed by atoms with E-state index < -0.39 is 11.2 Å². The Labute approximate surface area is 181 Å². The van der Waals surface area contributed by atoms with Gasteiger partial charge in [0.25, 0.3) is 5.56 Å². The Balaban J connectivity index is 1.94. The number of nitrogen functional groups attached to an aromatic ring is 1. The summed E-state index contributed by atoms with van der Waals surface area (Å²) in [4.78, 5) is 44.2. The Bertz CT molecular complexity index is 1000. The first-order valence-electron chi connectivity index (χ1n) is 10.6. The van der Waals surface area contributed by atoms with Crippen molar-refractivity contribution in [2.45, 2.75) is 26.3 Å². The third-order valence-corrected chi connectivity index (χ3v) is 5.59. The van der Waals surface area contributed by atoms with Crippen molar-refractivity contribution in [1.29, 1.82) is 0 Å². The van der Waals surface area contributed by atoms with Gasteiger partial charge in [-0.25, -0.2) is 4.79 Å². The maximum absolute atomic E-state index is 13.2. The van der Waals surface area contributed by atoms with Gasteiger partial charge in [-0.05, 0) is 30.9 Å². The number of hydrogen-bond acceptors (Lipinski definition) is 6. The van der Waals surface area contributed by atoms with Crippen LogP contribution < -0.4 is 21.9 Å². The van der Waals surface area contributed by atoms with Crippen molar-refractivity contribution in [2.75, 3.05) is 50.5 Å². The van der Waals surface area contributed by atoms with Crippen LogP contribution in [0.2, 0.25) is 0 Å². The van der Waals surface area contributed by atoms with E-state index in [2.05, 4.69) is 16.8 Å². The van der Waals surface area contributed by atoms with E-state index in [-0.39, 0.29) is 43.7 Å². The van der Waals surface area contributed by atoms with E-state index in [0.29, 0.717) is 5.92 Å². The summed E-state index contributed by atoms with van der Waals surface area (Å²) in [6.45, 7) is 4.61. The van der Waals surface area contributed by atoms with Gasteiger partial charge in [-0.3, -0.25) is 24.0 Å². The molecule has 1 aliphatic rings. The maximum atomic E-state index is 13.2. The van der Waals surface area contributed by atoms with E-state index in [1.165, 1.54) is 16.6 Å². The number of H-pyrrole nitrogens is 1. The summed E-state index contributed by atoms with van der Waals surface area (Å²) in [6, 6.07) is 9.32. The molecule has 1 aliphatic heterocycles. The predicted octanol–water partition coefficient (Wildman–Crippen LogP) is 0.878. The van der Waals surface area contributed by atoms with E-state index in [9.17, 15) is 14.4 Å². The quantitative estimate of drug-likeness (QED) is 0.644. The summed E-state index contributed by atoms with van der Waals surface area (Å²) >= 11 is 0. The fourth-order valence-electron chi connectivity index (χ4n) is 4.01. The molecular formula is C22H31N5O4. The molecule has 0 aliphatic carbocycles. The van der Waals surface area contributed by atoms with Gasteiger partial charge in [-0.15, -0.1) is 0 Å². The van der Waals surface area contributed by atoms with Gasteiger partial charge in [0, 0.05) is 20.2 Å². The van der Waals surface area contributed by atoms with Crippen LogP contribution in [-0.2, 0) is 16.1 Å². The van der Waals surface area contributed by atoms with Crippen LogP contribution in [0.4, 0.5) is 11.5 Å². The molecule has 3 N–H and O–H groups in total. The number of likely N-dealkylation sites (tertiary alicyclic amines) is 1. The van der Waals surface area contributed by atoms with Crippen LogP contribution in [-0.4, -0.2) is 60.3 Å². The van der Waals surface area contributed by atoms with Crippen molar-refractivity contribution in [2.24, 2.45) is 5.92 Å². The van der Waals surface area contributed by atoms with Crippen LogP contribution in [0, 0.1) is 5.92 Å². The van der Waals surface area contributed by atoms with Gasteiger partial charge in [0.15, 0.2) is 5.69 Å². The Hall–Kier alpha value is -2.91. The molecule has 9 nitrogen and oxygen atoms in total. The lowest BCUT2D eigenvalue weighted by molar-refractivity contribution is -0.120. The van der Waals surface area contributed by atoms with E-state index in [0.717, 1.165) is 31.5 Å². The van der Waals surface area contributed by atoms with Gasteiger partial charge >= 0.3 is 5.69 Å². The number of amides is 1. The number of nitrogens with two attached hydrogens (primary N) is 1. The van der Waals surface area contributed by atoms with Gasteiger partial charge in [0.05, 0.1) is 19.7 Å². The Morgan fingerprint density at radius 1 is 1.29 bits per heavy atom. The number of ether oxygens (including phenoxy) is 1. The zero-order chi connectivity index (χ0) is 22.4. The highest BCUT2D eigenvalue weighted by molar-refractivity contribution is 5.96. The number of methoxy groups -OCH3 is 1. The van der Waals surface area contributed by atoms with E-state index in [4.69, 9.17) is 10.5 Å². The number of hydrogen-bond donors (Lipinski definition) is 2. The molecule has 2 heterocycles. The smallest absolute Gasteiger partial charge is 0.330 e. The first-order chi connectivity index (χ1) is 14.9. The van der Waals surface area contributed by atoms with Crippen molar-refractivity contribution < 1.29 is 9.53 Å². The molecule has 2 aromatic rings. The van der Waals surface area contributed by atoms with Crippen molar-refractivity contribution in [3.05, 3.63) is 56.7 Å². The minimum absolute atomic E-state index is 0.0114. The van der Waals surface area contributed by atoms with Crippen molar-refractivity contribution in [3.8, 4) is 0 Å². The molecule has 1 aromatic carbocycles. The molecular weight excluding hydrogens is 398 g/mol. The van der Waals surface area contributed by atoms with Crippen LogP contribution in [0.1, 0.15) is 25.3 Å². The number of nitrogens with one attached hydrogen (secondary N) is 1. The average molecular weight is 430 g/mol. The average Bonchev–Trinajstić information content (AvgIpc) is 2.74. The Morgan fingerprint density at radius 2 is 2.03 bits per heavy atom. The topological polar surface area (TPSA) is 114 Å². The highest BCUT2D eigenvalue weighted by atomic mass is 16.5. The minimum atomic E-state index is -0.678. The highest BCUT2D eigenvalue weighted by Gasteiger charge is 2.27. The van der Waals surface area contributed by atoms with Gasteiger partial charge in [0.2, 0.25) is 5.91 Å². The molecule has 1 saturated heterocycles. The molecule has 0 spiro atoms. The number of aromatic amines is 1. The summed E-state index contributed by atoms with van der Waals surface area (Å²) < 4.78 is 6.43. The number of benzene rings is 1. The van der Waals surface area contributed by atoms with E-state index in [1.807, 2.05) is 30.3 Å². The molecule has 1 amide bonds. The van der Waals surface area contributed by atoms with Gasteiger partial charge in [0.1, 0.15) is 5.82 Å². The summed E-state index contributed by atoms with van der Waals surface area (Å²) in [5.41, 5.74) is 5.85. The molecule has 0 bridgehead atoms. The van der Waals surface area contributed by atoms with E-state index >= 15 is 0 Å². The molecule has 31 heavy (non-hydrogen) atoms. The van der Waals surface area contributed by atoms with Gasteiger partial charge < -0.3 is 15.4 Å².